The van der Waals surface area contributed by atoms with E-state index in [1.54, 1.807) is 17.7 Å². The molecule has 1 N–H and O–H groups in total. The molecule has 1 aliphatic carbocycles. The molecule has 1 saturated carbocycles. The van der Waals surface area contributed by atoms with E-state index in [-0.39, 0.29) is 5.91 Å². The first kappa shape index (κ1) is 17.6. The molecule has 3 rings (SSSR count). The topological polar surface area (TPSA) is 81.4 Å². The number of hydrogen-bond acceptors (Lipinski definition) is 5. The number of ether oxygens (including phenoxy) is 1. The van der Waals surface area contributed by atoms with E-state index in [4.69, 9.17) is 4.74 Å². The summed E-state index contributed by atoms with van der Waals surface area (Å²) in [6, 6.07) is 3.94. The number of methoxy groups -OCH3 is 1. The van der Waals surface area contributed by atoms with E-state index in [1.807, 2.05) is 6.07 Å². The number of rotatable bonds is 6. The van der Waals surface area contributed by atoms with Crippen molar-refractivity contribution in [3.8, 4) is 5.88 Å². The summed E-state index contributed by atoms with van der Waals surface area (Å²) >= 11 is 0. The monoisotopic (exact) mass is 345 g/mol. The number of aromatic nitrogens is 4. The number of nitrogens with zero attached hydrogens (tertiary/aromatic N) is 4. The molecule has 0 aromatic carbocycles. The summed E-state index contributed by atoms with van der Waals surface area (Å²) in [5.41, 5.74) is 0.690. The lowest BCUT2D eigenvalue weighted by molar-refractivity contribution is -0.122. The SMILES string of the molecule is COc1ccc2nnc(CCCC(=O)NC3CCCCCCC3)n2n1. The van der Waals surface area contributed by atoms with Crippen LogP contribution < -0.4 is 10.1 Å². The molecule has 0 spiro atoms. The van der Waals surface area contributed by atoms with Gasteiger partial charge in [0.2, 0.25) is 11.8 Å². The molecule has 2 heterocycles. The lowest BCUT2D eigenvalue weighted by Crippen LogP contribution is -2.35. The second-order valence-electron chi connectivity index (χ2n) is 6.73. The highest BCUT2D eigenvalue weighted by molar-refractivity contribution is 5.76. The van der Waals surface area contributed by atoms with Gasteiger partial charge in [-0.25, -0.2) is 0 Å². The lowest BCUT2D eigenvalue weighted by Gasteiger charge is -2.21. The van der Waals surface area contributed by atoms with Crippen LogP contribution in [0.3, 0.4) is 0 Å². The van der Waals surface area contributed by atoms with Gasteiger partial charge in [-0.05, 0) is 25.3 Å². The average molecular weight is 345 g/mol. The fourth-order valence-corrected chi connectivity index (χ4v) is 3.39. The summed E-state index contributed by atoms with van der Waals surface area (Å²) in [6.45, 7) is 0. The van der Waals surface area contributed by atoms with Crippen LogP contribution >= 0.6 is 0 Å². The van der Waals surface area contributed by atoms with Crippen molar-refractivity contribution in [3.63, 3.8) is 0 Å². The maximum atomic E-state index is 12.2. The van der Waals surface area contributed by atoms with E-state index in [1.165, 1.54) is 32.1 Å². The van der Waals surface area contributed by atoms with Crippen LogP contribution in [0.15, 0.2) is 12.1 Å². The summed E-state index contributed by atoms with van der Waals surface area (Å²) < 4.78 is 6.83. The Labute approximate surface area is 148 Å². The predicted molar refractivity (Wildman–Crippen MR) is 94.5 cm³/mol. The Balaban J connectivity index is 1.48. The Hall–Kier alpha value is -2.18. The van der Waals surface area contributed by atoms with Gasteiger partial charge in [-0.3, -0.25) is 4.79 Å². The van der Waals surface area contributed by atoms with Crippen molar-refractivity contribution < 1.29 is 9.53 Å². The Morgan fingerprint density at radius 1 is 1.20 bits per heavy atom. The van der Waals surface area contributed by atoms with E-state index >= 15 is 0 Å². The van der Waals surface area contributed by atoms with Crippen LogP contribution in [-0.4, -0.2) is 38.9 Å². The zero-order valence-corrected chi connectivity index (χ0v) is 14.9. The maximum Gasteiger partial charge on any atom is 0.231 e. The fourth-order valence-electron chi connectivity index (χ4n) is 3.39. The first-order chi connectivity index (χ1) is 12.3. The van der Waals surface area contributed by atoms with Crippen molar-refractivity contribution in [1.29, 1.82) is 0 Å². The van der Waals surface area contributed by atoms with E-state index in [2.05, 4.69) is 20.6 Å². The molecule has 0 unspecified atom stereocenters. The number of amides is 1. The molecule has 1 amide bonds. The van der Waals surface area contributed by atoms with E-state index in [0.717, 1.165) is 25.1 Å². The molecule has 136 valence electrons. The van der Waals surface area contributed by atoms with Crippen LogP contribution in [0.25, 0.3) is 5.65 Å². The highest BCUT2D eigenvalue weighted by atomic mass is 16.5. The van der Waals surface area contributed by atoms with E-state index in [9.17, 15) is 4.79 Å². The van der Waals surface area contributed by atoms with Crippen molar-refractivity contribution in [2.24, 2.45) is 0 Å². The van der Waals surface area contributed by atoms with Crippen molar-refractivity contribution >= 4 is 11.6 Å². The summed E-state index contributed by atoms with van der Waals surface area (Å²) in [7, 11) is 1.58. The number of carbonyl (C=O) groups is 1. The van der Waals surface area contributed by atoms with Gasteiger partial charge in [0.15, 0.2) is 11.5 Å². The molecule has 2 aromatic heterocycles. The van der Waals surface area contributed by atoms with Crippen LogP contribution in [0.2, 0.25) is 0 Å². The minimum Gasteiger partial charge on any atom is -0.480 e. The normalized spacial score (nSPS) is 16.4. The average Bonchev–Trinajstić information content (AvgIpc) is 2.99. The highest BCUT2D eigenvalue weighted by Gasteiger charge is 2.14. The van der Waals surface area contributed by atoms with Gasteiger partial charge in [0, 0.05) is 24.9 Å². The number of aryl methyl sites for hydroxylation is 1. The van der Waals surface area contributed by atoms with Gasteiger partial charge >= 0.3 is 0 Å². The third-order valence-electron chi connectivity index (χ3n) is 4.79. The number of fused-ring (bicyclic) bond motifs is 1. The van der Waals surface area contributed by atoms with Crippen molar-refractivity contribution in [2.45, 2.75) is 70.3 Å². The Morgan fingerprint density at radius 3 is 2.72 bits per heavy atom. The summed E-state index contributed by atoms with van der Waals surface area (Å²) in [6.07, 6.45) is 10.5. The summed E-state index contributed by atoms with van der Waals surface area (Å²) in [4.78, 5) is 12.2. The molecule has 1 fully saturated rings. The minimum absolute atomic E-state index is 0.143. The van der Waals surface area contributed by atoms with Crippen LogP contribution in [0.4, 0.5) is 0 Å². The molecule has 0 bridgehead atoms. The first-order valence-electron chi connectivity index (χ1n) is 9.31. The fraction of sp³-hybridized carbons (Fsp3) is 0.667. The zero-order valence-electron chi connectivity index (χ0n) is 14.9. The lowest BCUT2D eigenvalue weighted by atomic mass is 9.96. The third kappa shape index (κ3) is 4.90. The minimum atomic E-state index is 0.143. The van der Waals surface area contributed by atoms with Crippen molar-refractivity contribution in [2.75, 3.05) is 7.11 Å². The van der Waals surface area contributed by atoms with Crippen molar-refractivity contribution in [3.05, 3.63) is 18.0 Å². The molecule has 2 aromatic rings. The molecule has 1 aliphatic rings. The van der Waals surface area contributed by atoms with Gasteiger partial charge in [-0.15, -0.1) is 15.3 Å². The Morgan fingerprint density at radius 2 is 1.96 bits per heavy atom. The molecule has 0 radical (unpaired) electrons. The smallest absolute Gasteiger partial charge is 0.231 e. The van der Waals surface area contributed by atoms with Crippen molar-refractivity contribution in [1.82, 2.24) is 25.1 Å². The second kappa shape index (κ2) is 8.78. The predicted octanol–water partition coefficient (Wildman–Crippen LogP) is 2.68. The van der Waals surface area contributed by atoms with Gasteiger partial charge in [0.25, 0.3) is 0 Å². The molecular weight excluding hydrogens is 318 g/mol. The van der Waals surface area contributed by atoms with Gasteiger partial charge in [0.05, 0.1) is 7.11 Å². The molecule has 7 nitrogen and oxygen atoms in total. The quantitative estimate of drug-likeness (QED) is 0.870. The van der Waals surface area contributed by atoms with Crippen LogP contribution in [-0.2, 0) is 11.2 Å². The third-order valence-corrected chi connectivity index (χ3v) is 4.79. The Bertz CT molecular complexity index is 692. The van der Waals surface area contributed by atoms with Crippen LogP contribution in [0.5, 0.6) is 5.88 Å². The zero-order chi connectivity index (χ0) is 17.5. The highest BCUT2D eigenvalue weighted by Crippen LogP contribution is 2.17. The molecule has 25 heavy (non-hydrogen) atoms. The van der Waals surface area contributed by atoms with Gasteiger partial charge in [-0.1, -0.05) is 32.1 Å². The van der Waals surface area contributed by atoms with E-state index < -0.39 is 0 Å². The number of nitrogens with one attached hydrogen (secondary N) is 1. The van der Waals surface area contributed by atoms with E-state index in [0.29, 0.717) is 30.4 Å². The summed E-state index contributed by atoms with van der Waals surface area (Å²) in [5.74, 6) is 1.42. The number of carbonyl (C=O) groups excluding carboxylic acids is 1. The second-order valence-corrected chi connectivity index (χ2v) is 6.73. The van der Waals surface area contributed by atoms with Crippen LogP contribution in [0, 0.1) is 0 Å². The maximum absolute atomic E-state index is 12.2. The molecular formula is C18H27N5O2. The largest absolute Gasteiger partial charge is 0.480 e. The first-order valence-corrected chi connectivity index (χ1v) is 9.31. The van der Waals surface area contributed by atoms with Gasteiger partial charge < -0.3 is 10.1 Å². The summed E-state index contributed by atoms with van der Waals surface area (Å²) in [5, 5.41) is 15.8. The van der Waals surface area contributed by atoms with Crippen LogP contribution in [0.1, 0.15) is 63.6 Å². The Kier molecular flexibility index (Phi) is 6.19. The standard InChI is InChI=1S/C18H27N5O2/c1-25-18-13-12-16-21-20-15(23(16)22-18)10-7-11-17(24)19-14-8-5-3-2-4-6-9-14/h12-14H,2-11H2,1H3,(H,19,24). The molecule has 0 saturated heterocycles. The molecule has 0 aliphatic heterocycles. The number of hydrogen-bond donors (Lipinski definition) is 1. The van der Waals surface area contributed by atoms with Gasteiger partial charge in [0.1, 0.15) is 0 Å². The molecule has 0 atom stereocenters. The van der Waals surface area contributed by atoms with Gasteiger partial charge in [-0.2, -0.15) is 4.52 Å². The molecule has 7 heteroatoms.